The minimum absolute atomic E-state index is 0.140. The molecule has 0 spiro atoms. The van der Waals surface area contributed by atoms with Gasteiger partial charge in [0.15, 0.2) is 0 Å². The van der Waals surface area contributed by atoms with Crippen LogP contribution < -0.4 is 4.72 Å². The van der Waals surface area contributed by atoms with Gasteiger partial charge in [0.2, 0.25) is 0 Å². The molecule has 0 saturated heterocycles. The van der Waals surface area contributed by atoms with Gasteiger partial charge in [-0.15, -0.1) is 0 Å². The fourth-order valence-electron chi connectivity index (χ4n) is 0.747. The molecule has 1 aromatic rings. The average Bonchev–Trinajstić information content (AvgIpc) is 2.16. The summed E-state index contributed by atoms with van der Waals surface area (Å²) in [5.74, 6) is 0.140. The highest BCUT2D eigenvalue weighted by molar-refractivity contribution is 7.97. The number of hydrogen-bond donors (Lipinski definition) is 1. The minimum Gasteiger partial charge on any atom is -0.298 e. The zero-order valence-corrected chi connectivity index (χ0v) is 9.52. The molecule has 0 aliphatic rings. The maximum Gasteiger partial charge on any atom is 0.150 e. The molecule has 14 heavy (non-hydrogen) atoms. The molecule has 2 nitrogen and oxygen atoms in total. The van der Waals surface area contributed by atoms with E-state index in [0.29, 0.717) is 0 Å². The summed E-state index contributed by atoms with van der Waals surface area (Å²) in [7, 11) is 0. The highest BCUT2D eigenvalue weighted by Crippen LogP contribution is 2.18. The maximum atomic E-state index is 11.2. The van der Waals surface area contributed by atoms with Gasteiger partial charge in [-0.1, -0.05) is 18.2 Å². The van der Waals surface area contributed by atoms with Crippen LogP contribution in [0.1, 0.15) is 20.8 Å². The van der Waals surface area contributed by atoms with E-state index in [-0.39, 0.29) is 5.78 Å². The predicted molar refractivity (Wildman–Crippen MR) is 60.2 cm³/mol. The van der Waals surface area contributed by atoms with Crippen molar-refractivity contribution < 1.29 is 4.79 Å². The van der Waals surface area contributed by atoms with E-state index in [1.807, 2.05) is 44.2 Å². The Morgan fingerprint density at radius 3 is 2.36 bits per heavy atom. The predicted octanol–water partition coefficient (Wildman–Crippen LogP) is 2.65. The van der Waals surface area contributed by atoms with E-state index in [1.165, 1.54) is 11.9 Å². The van der Waals surface area contributed by atoms with E-state index < -0.39 is 5.54 Å². The summed E-state index contributed by atoms with van der Waals surface area (Å²) in [5.41, 5.74) is -0.472. The lowest BCUT2D eigenvalue weighted by Crippen LogP contribution is -2.41. The molecule has 0 heterocycles. The van der Waals surface area contributed by atoms with Gasteiger partial charge in [0.1, 0.15) is 5.78 Å². The van der Waals surface area contributed by atoms with Crippen LogP contribution in [0, 0.1) is 0 Å². The first kappa shape index (κ1) is 11.3. The molecule has 0 aliphatic carbocycles. The van der Waals surface area contributed by atoms with E-state index >= 15 is 0 Å². The van der Waals surface area contributed by atoms with Gasteiger partial charge in [-0.05, 0) is 44.9 Å². The molecular weight excluding hydrogens is 194 g/mol. The summed E-state index contributed by atoms with van der Waals surface area (Å²) in [4.78, 5) is 12.3. The average molecular weight is 209 g/mol. The highest BCUT2D eigenvalue weighted by Gasteiger charge is 2.22. The number of ketones is 1. The lowest BCUT2D eigenvalue weighted by molar-refractivity contribution is -0.121. The lowest BCUT2D eigenvalue weighted by Gasteiger charge is -2.21. The van der Waals surface area contributed by atoms with Crippen molar-refractivity contribution in [1.82, 2.24) is 4.72 Å². The summed E-state index contributed by atoms with van der Waals surface area (Å²) >= 11 is 1.48. The highest BCUT2D eigenvalue weighted by atomic mass is 32.2. The van der Waals surface area contributed by atoms with Crippen LogP contribution in [0.2, 0.25) is 0 Å². The summed E-state index contributed by atoms with van der Waals surface area (Å²) in [6, 6.07) is 9.94. The molecule has 1 rings (SSSR count). The number of benzene rings is 1. The van der Waals surface area contributed by atoms with Crippen molar-refractivity contribution in [3.05, 3.63) is 30.3 Å². The van der Waals surface area contributed by atoms with Gasteiger partial charge >= 0.3 is 0 Å². The number of nitrogens with one attached hydrogen (secondary N) is 1. The third-order valence-electron chi connectivity index (χ3n) is 2.05. The Kier molecular flexibility index (Phi) is 3.72. The molecule has 1 N–H and O–H groups in total. The van der Waals surface area contributed by atoms with Crippen LogP contribution in [0.4, 0.5) is 0 Å². The zero-order chi connectivity index (χ0) is 10.6. The second-order valence-corrected chi connectivity index (χ2v) is 4.58. The molecule has 0 unspecified atom stereocenters. The molecule has 0 saturated carbocycles. The summed E-state index contributed by atoms with van der Waals surface area (Å²) in [5, 5.41) is 0. The van der Waals surface area contributed by atoms with Gasteiger partial charge in [-0.2, -0.15) is 0 Å². The van der Waals surface area contributed by atoms with Crippen LogP contribution >= 0.6 is 11.9 Å². The number of Topliss-reactive ketones (excluding diaryl/α,β-unsaturated/α-hetero) is 1. The Bertz CT molecular complexity index is 308. The molecule has 0 aromatic heterocycles. The van der Waals surface area contributed by atoms with Crippen molar-refractivity contribution >= 4 is 17.7 Å². The van der Waals surface area contributed by atoms with Gasteiger partial charge in [-0.3, -0.25) is 4.79 Å². The third-order valence-corrected chi connectivity index (χ3v) is 3.17. The number of carbonyl (C=O) groups is 1. The van der Waals surface area contributed by atoms with Crippen LogP contribution in [-0.4, -0.2) is 11.3 Å². The van der Waals surface area contributed by atoms with Crippen LogP contribution in [0.3, 0.4) is 0 Å². The largest absolute Gasteiger partial charge is 0.298 e. The third kappa shape index (κ3) is 3.16. The van der Waals surface area contributed by atoms with Gasteiger partial charge in [0.05, 0.1) is 5.54 Å². The molecule has 0 bridgehead atoms. The lowest BCUT2D eigenvalue weighted by atomic mass is 10.0. The molecule has 1 aromatic carbocycles. The Labute approximate surface area is 89.2 Å². The van der Waals surface area contributed by atoms with Crippen LogP contribution in [0.25, 0.3) is 0 Å². The first-order chi connectivity index (χ1) is 6.52. The van der Waals surface area contributed by atoms with E-state index in [1.54, 1.807) is 6.92 Å². The Morgan fingerprint density at radius 1 is 1.29 bits per heavy atom. The van der Waals surface area contributed by atoms with E-state index in [4.69, 9.17) is 0 Å². The molecular formula is C11H15NOS. The monoisotopic (exact) mass is 209 g/mol. The number of rotatable bonds is 4. The fourth-order valence-corrected chi connectivity index (χ4v) is 1.56. The second-order valence-electron chi connectivity index (χ2n) is 3.70. The van der Waals surface area contributed by atoms with Crippen LogP contribution in [0.5, 0.6) is 0 Å². The number of hydrogen-bond acceptors (Lipinski definition) is 3. The normalized spacial score (nSPS) is 11.4. The molecule has 0 radical (unpaired) electrons. The molecule has 0 fully saturated rings. The Morgan fingerprint density at radius 2 is 1.86 bits per heavy atom. The van der Waals surface area contributed by atoms with Crippen molar-refractivity contribution in [1.29, 1.82) is 0 Å². The SMILES string of the molecule is CC(=O)C(C)(C)NSc1ccccc1. The van der Waals surface area contributed by atoms with Crippen LogP contribution in [-0.2, 0) is 4.79 Å². The second kappa shape index (κ2) is 4.62. The molecule has 76 valence electrons. The molecule has 3 heteroatoms. The number of carbonyl (C=O) groups excluding carboxylic acids is 1. The first-order valence-electron chi connectivity index (χ1n) is 4.52. The van der Waals surface area contributed by atoms with Gasteiger partial charge in [0, 0.05) is 4.90 Å². The minimum atomic E-state index is -0.472. The quantitative estimate of drug-likeness (QED) is 0.773. The van der Waals surface area contributed by atoms with Gasteiger partial charge < -0.3 is 0 Å². The van der Waals surface area contributed by atoms with Gasteiger partial charge in [-0.25, -0.2) is 4.72 Å². The van der Waals surface area contributed by atoms with Crippen molar-refractivity contribution in [2.45, 2.75) is 31.2 Å². The van der Waals surface area contributed by atoms with Crippen molar-refractivity contribution in [3.8, 4) is 0 Å². The fraction of sp³-hybridized carbons (Fsp3) is 0.364. The molecule has 0 atom stereocenters. The van der Waals surface area contributed by atoms with Crippen molar-refractivity contribution in [3.63, 3.8) is 0 Å². The molecule has 0 aliphatic heterocycles. The smallest absolute Gasteiger partial charge is 0.150 e. The maximum absolute atomic E-state index is 11.2. The van der Waals surface area contributed by atoms with E-state index in [9.17, 15) is 4.79 Å². The Hall–Kier alpha value is -0.800. The summed E-state index contributed by atoms with van der Waals surface area (Å²) < 4.78 is 3.14. The standard InChI is InChI=1S/C11H15NOS/c1-9(13)11(2,3)12-14-10-7-5-4-6-8-10/h4-8,12H,1-3H3. The van der Waals surface area contributed by atoms with E-state index in [0.717, 1.165) is 4.90 Å². The van der Waals surface area contributed by atoms with E-state index in [2.05, 4.69) is 4.72 Å². The van der Waals surface area contributed by atoms with Crippen LogP contribution in [0.15, 0.2) is 35.2 Å². The summed E-state index contributed by atoms with van der Waals surface area (Å²) in [6.07, 6.45) is 0. The zero-order valence-electron chi connectivity index (χ0n) is 8.70. The molecule has 0 amide bonds. The van der Waals surface area contributed by atoms with Gasteiger partial charge in [0.25, 0.3) is 0 Å². The first-order valence-corrected chi connectivity index (χ1v) is 5.34. The topological polar surface area (TPSA) is 29.1 Å². The van der Waals surface area contributed by atoms with Crippen molar-refractivity contribution in [2.75, 3.05) is 0 Å². The Balaban J connectivity index is 2.53. The summed E-state index contributed by atoms with van der Waals surface area (Å²) in [6.45, 7) is 5.36. The van der Waals surface area contributed by atoms with Crippen molar-refractivity contribution in [2.24, 2.45) is 0 Å².